The van der Waals surface area contributed by atoms with Crippen molar-refractivity contribution < 1.29 is 9.90 Å². The quantitative estimate of drug-likeness (QED) is 0.716. The van der Waals surface area contributed by atoms with Gasteiger partial charge in [0.2, 0.25) is 5.91 Å². The van der Waals surface area contributed by atoms with Gasteiger partial charge in [-0.15, -0.1) is 0 Å². The van der Waals surface area contributed by atoms with Gasteiger partial charge in [0.1, 0.15) is 6.23 Å². The fraction of sp³-hybridized carbons (Fsp3) is 0.800. The molecule has 0 aromatic carbocycles. The predicted octanol–water partition coefficient (Wildman–Crippen LogP) is 1.32. The van der Waals surface area contributed by atoms with Crippen LogP contribution in [0.5, 0.6) is 0 Å². The summed E-state index contributed by atoms with van der Waals surface area (Å²) in [6.07, 6.45) is 7.91. The Labute approximate surface area is 114 Å². The van der Waals surface area contributed by atoms with Crippen LogP contribution in [-0.2, 0) is 4.79 Å². The van der Waals surface area contributed by atoms with E-state index in [9.17, 15) is 9.90 Å². The van der Waals surface area contributed by atoms with Crippen LogP contribution in [-0.4, -0.2) is 46.2 Å². The monoisotopic (exact) mass is 262 g/mol. The van der Waals surface area contributed by atoms with Gasteiger partial charge >= 0.3 is 0 Å². The molecule has 4 rings (SSSR count). The standard InChI is InChI=1S/C15H22N2O2/c18-14-6-3-5-12-10-8-11(15(19)17(12)14)13-4-1-2-7-16(13)9-10/h5,10-11,13-14,18H,1-4,6-9H2/t10-,11+,13-,14-/m1/s1. The van der Waals surface area contributed by atoms with Crippen molar-refractivity contribution in [2.24, 2.45) is 11.8 Å². The summed E-state index contributed by atoms with van der Waals surface area (Å²) in [5.41, 5.74) is 1.11. The molecule has 2 bridgehead atoms. The van der Waals surface area contributed by atoms with Crippen LogP contribution in [0.3, 0.4) is 0 Å². The highest BCUT2D eigenvalue weighted by atomic mass is 16.3. The third-order valence-corrected chi connectivity index (χ3v) is 5.45. The molecule has 0 spiro atoms. The van der Waals surface area contributed by atoms with Gasteiger partial charge in [0, 0.05) is 24.2 Å². The lowest BCUT2D eigenvalue weighted by atomic mass is 9.73. The first-order valence-corrected chi connectivity index (χ1v) is 7.71. The SMILES string of the molecule is O=C1[C@H]2C[C@H](CN3CCCC[C@H]23)C2=CCC[C@@H](O)N12. The molecule has 3 fully saturated rings. The van der Waals surface area contributed by atoms with E-state index in [0.29, 0.717) is 18.4 Å². The largest absolute Gasteiger partial charge is 0.373 e. The number of amides is 1. The summed E-state index contributed by atoms with van der Waals surface area (Å²) in [6.45, 7) is 2.24. The molecule has 3 saturated heterocycles. The third-order valence-electron chi connectivity index (χ3n) is 5.45. The van der Waals surface area contributed by atoms with Crippen LogP contribution in [0.4, 0.5) is 0 Å². The number of piperidine rings is 3. The van der Waals surface area contributed by atoms with Crippen molar-refractivity contribution in [1.29, 1.82) is 0 Å². The second-order valence-electron chi connectivity index (χ2n) is 6.49. The Kier molecular flexibility index (Phi) is 2.71. The highest BCUT2D eigenvalue weighted by Crippen LogP contribution is 2.44. The normalized spacial score (nSPS) is 42.5. The molecular formula is C15H22N2O2. The number of fused-ring (bicyclic) bond motifs is 6. The minimum atomic E-state index is -0.576. The van der Waals surface area contributed by atoms with Crippen LogP contribution < -0.4 is 0 Å². The predicted molar refractivity (Wildman–Crippen MR) is 71.0 cm³/mol. The lowest BCUT2D eigenvalue weighted by Gasteiger charge is -2.54. The fourth-order valence-corrected chi connectivity index (χ4v) is 4.60. The summed E-state index contributed by atoms with van der Waals surface area (Å²) < 4.78 is 0. The summed E-state index contributed by atoms with van der Waals surface area (Å²) in [4.78, 5) is 17.0. The van der Waals surface area contributed by atoms with E-state index in [-0.39, 0.29) is 11.8 Å². The molecule has 4 nitrogen and oxygen atoms in total. The zero-order chi connectivity index (χ0) is 13.0. The molecule has 4 aliphatic rings. The van der Waals surface area contributed by atoms with Gasteiger partial charge in [0.25, 0.3) is 0 Å². The van der Waals surface area contributed by atoms with E-state index in [1.54, 1.807) is 4.90 Å². The van der Waals surface area contributed by atoms with Crippen molar-refractivity contribution in [3.05, 3.63) is 11.8 Å². The molecule has 1 amide bonds. The van der Waals surface area contributed by atoms with E-state index in [1.807, 2.05) is 0 Å². The van der Waals surface area contributed by atoms with Crippen molar-refractivity contribution in [2.75, 3.05) is 13.1 Å². The molecule has 1 N–H and O–H groups in total. The van der Waals surface area contributed by atoms with E-state index < -0.39 is 6.23 Å². The fourth-order valence-electron chi connectivity index (χ4n) is 4.60. The third kappa shape index (κ3) is 1.69. The van der Waals surface area contributed by atoms with Crippen LogP contribution in [0.1, 0.15) is 38.5 Å². The molecule has 4 heteroatoms. The van der Waals surface area contributed by atoms with Gasteiger partial charge in [-0.2, -0.15) is 0 Å². The summed E-state index contributed by atoms with van der Waals surface area (Å²) in [5, 5.41) is 10.2. The maximum absolute atomic E-state index is 12.7. The Balaban J connectivity index is 1.70. The summed E-state index contributed by atoms with van der Waals surface area (Å²) in [7, 11) is 0. The molecule has 0 unspecified atom stereocenters. The Morgan fingerprint density at radius 1 is 1.26 bits per heavy atom. The van der Waals surface area contributed by atoms with Gasteiger partial charge in [-0.25, -0.2) is 0 Å². The van der Waals surface area contributed by atoms with Crippen molar-refractivity contribution in [2.45, 2.75) is 50.8 Å². The molecular weight excluding hydrogens is 240 g/mol. The number of aliphatic hydroxyl groups excluding tert-OH is 1. The molecule has 104 valence electrons. The summed E-state index contributed by atoms with van der Waals surface area (Å²) >= 11 is 0. The van der Waals surface area contributed by atoms with Crippen LogP contribution in [0.25, 0.3) is 0 Å². The maximum Gasteiger partial charge on any atom is 0.233 e. The lowest BCUT2D eigenvalue weighted by molar-refractivity contribution is -0.157. The van der Waals surface area contributed by atoms with Gasteiger partial charge in [-0.3, -0.25) is 14.6 Å². The number of allylic oxidation sites excluding steroid dienone is 1. The van der Waals surface area contributed by atoms with E-state index in [1.165, 1.54) is 12.8 Å². The smallest absolute Gasteiger partial charge is 0.233 e. The van der Waals surface area contributed by atoms with E-state index in [4.69, 9.17) is 0 Å². The molecule has 0 aliphatic carbocycles. The Bertz CT molecular complexity index is 434. The summed E-state index contributed by atoms with van der Waals surface area (Å²) in [5.74, 6) is 0.780. The van der Waals surface area contributed by atoms with Crippen LogP contribution in [0, 0.1) is 11.8 Å². The Hall–Kier alpha value is -0.870. The first-order valence-electron chi connectivity index (χ1n) is 7.71. The van der Waals surface area contributed by atoms with Crippen molar-refractivity contribution in [1.82, 2.24) is 9.80 Å². The first-order chi connectivity index (χ1) is 9.25. The molecule has 4 heterocycles. The molecule has 4 atom stereocenters. The van der Waals surface area contributed by atoms with Crippen LogP contribution in [0.15, 0.2) is 11.8 Å². The number of hydrogen-bond acceptors (Lipinski definition) is 3. The van der Waals surface area contributed by atoms with Gasteiger partial charge in [0.15, 0.2) is 0 Å². The van der Waals surface area contributed by atoms with Crippen molar-refractivity contribution in [3.8, 4) is 0 Å². The first kappa shape index (κ1) is 11.9. The molecule has 19 heavy (non-hydrogen) atoms. The van der Waals surface area contributed by atoms with Crippen LogP contribution in [0.2, 0.25) is 0 Å². The number of carbonyl (C=O) groups excluding carboxylic acids is 1. The zero-order valence-corrected chi connectivity index (χ0v) is 11.3. The average molecular weight is 262 g/mol. The number of nitrogens with zero attached hydrogens (tertiary/aromatic N) is 2. The Morgan fingerprint density at radius 2 is 2.16 bits per heavy atom. The summed E-state index contributed by atoms with van der Waals surface area (Å²) in [6, 6.07) is 0.438. The molecule has 0 radical (unpaired) electrons. The molecule has 0 aromatic heterocycles. The minimum absolute atomic E-state index is 0.129. The van der Waals surface area contributed by atoms with Gasteiger partial charge in [0.05, 0.1) is 5.92 Å². The van der Waals surface area contributed by atoms with E-state index >= 15 is 0 Å². The topological polar surface area (TPSA) is 43.8 Å². The molecule has 0 saturated carbocycles. The lowest BCUT2D eigenvalue weighted by Crippen LogP contribution is -2.62. The number of carbonyl (C=O) groups is 1. The highest BCUT2D eigenvalue weighted by Gasteiger charge is 2.50. The van der Waals surface area contributed by atoms with Crippen LogP contribution >= 0.6 is 0 Å². The zero-order valence-electron chi connectivity index (χ0n) is 11.3. The highest BCUT2D eigenvalue weighted by molar-refractivity contribution is 5.83. The van der Waals surface area contributed by atoms with Gasteiger partial charge < -0.3 is 5.11 Å². The van der Waals surface area contributed by atoms with Crippen molar-refractivity contribution >= 4 is 5.91 Å². The molecule has 4 aliphatic heterocycles. The maximum atomic E-state index is 12.7. The second-order valence-corrected chi connectivity index (χ2v) is 6.49. The number of rotatable bonds is 0. The van der Waals surface area contributed by atoms with E-state index in [2.05, 4.69) is 11.0 Å². The molecule has 0 aromatic rings. The number of aliphatic hydroxyl groups is 1. The average Bonchev–Trinajstić information content (AvgIpc) is 2.44. The van der Waals surface area contributed by atoms with Crippen molar-refractivity contribution in [3.63, 3.8) is 0 Å². The second kappa shape index (κ2) is 4.32. The Morgan fingerprint density at radius 3 is 3.05 bits per heavy atom. The van der Waals surface area contributed by atoms with Gasteiger partial charge in [-0.1, -0.05) is 12.5 Å². The minimum Gasteiger partial charge on any atom is -0.373 e. The van der Waals surface area contributed by atoms with E-state index in [0.717, 1.165) is 38.0 Å². The van der Waals surface area contributed by atoms with Gasteiger partial charge in [-0.05, 0) is 38.6 Å². The number of hydrogen-bond donors (Lipinski definition) is 1.